The van der Waals surface area contributed by atoms with Gasteiger partial charge in [-0.05, 0) is 29.3 Å². The van der Waals surface area contributed by atoms with Crippen molar-refractivity contribution in [3.63, 3.8) is 0 Å². The number of carboxylic acids is 1. The topological polar surface area (TPSA) is 76.1 Å². The number of benzene rings is 2. The molecular formula is C19H19NO5. The van der Waals surface area contributed by atoms with Crippen LogP contribution in [0.15, 0.2) is 42.5 Å². The molecule has 2 aromatic carbocycles. The van der Waals surface area contributed by atoms with Crippen LogP contribution in [0, 0.1) is 0 Å². The highest BCUT2D eigenvalue weighted by Gasteiger charge is 2.33. The van der Waals surface area contributed by atoms with Gasteiger partial charge in [0.25, 0.3) is 5.91 Å². The summed E-state index contributed by atoms with van der Waals surface area (Å²) in [6.45, 7) is 0.477. The van der Waals surface area contributed by atoms with E-state index in [0.29, 0.717) is 23.6 Å². The fourth-order valence-corrected chi connectivity index (χ4v) is 3.12. The molecule has 1 atom stereocenters. The van der Waals surface area contributed by atoms with Gasteiger partial charge in [-0.2, -0.15) is 0 Å². The molecule has 0 saturated carbocycles. The largest absolute Gasteiger partial charge is 0.497 e. The summed E-state index contributed by atoms with van der Waals surface area (Å²) < 4.78 is 10.5. The van der Waals surface area contributed by atoms with E-state index in [-0.39, 0.29) is 12.5 Å². The number of aliphatic carboxylic acids is 1. The number of carbonyl (C=O) groups excluding carboxylic acids is 1. The molecule has 6 nitrogen and oxygen atoms in total. The minimum Gasteiger partial charge on any atom is -0.497 e. The van der Waals surface area contributed by atoms with Crippen molar-refractivity contribution in [3.05, 3.63) is 59.2 Å². The zero-order valence-electron chi connectivity index (χ0n) is 14.1. The molecule has 0 spiro atoms. The highest BCUT2D eigenvalue weighted by Crippen LogP contribution is 2.32. The van der Waals surface area contributed by atoms with Gasteiger partial charge in [0.05, 0.1) is 25.7 Å². The van der Waals surface area contributed by atoms with E-state index >= 15 is 0 Å². The van der Waals surface area contributed by atoms with E-state index in [1.54, 1.807) is 23.1 Å². The van der Waals surface area contributed by atoms with Crippen LogP contribution in [0.3, 0.4) is 0 Å². The van der Waals surface area contributed by atoms with Crippen molar-refractivity contribution >= 4 is 11.9 Å². The number of nitrogens with zero attached hydrogens (tertiary/aromatic N) is 1. The predicted octanol–water partition coefficient (Wildman–Crippen LogP) is 2.53. The van der Waals surface area contributed by atoms with Crippen LogP contribution in [-0.2, 0) is 11.3 Å². The van der Waals surface area contributed by atoms with Crippen molar-refractivity contribution in [1.29, 1.82) is 0 Å². The van der Waals surface area contributed by atoms with Crippen LogP contribution in [0.5, 0.6) is 11.5 Å². The van der Waals surface area contributed by atoms with Gasteiger partial charge >= 0.3 is 5.97 Å². The van der Waals surface area contributed by atoms with Gasteiger partial charge in [-0.1, -0.05) is 24.3 Å². The number of carbonyl (C=O) groups is 2. The number of methoxy groups -OCH3 is 2. The Morgan fingerprint density at radius 2 is 1.88 bits per heavy atom. The van der Waals surface area contributed by atoms with E-state index in [2.05, 4.69) is 0 Å². The van der Waals surface area contributed by atoms with Crippen LogP contribution in [0.4, 0.5) is 0 Å². The van der Waals surface area contributed by atoms with Crippen LogP contribution in [0.25, 0.3) is 0 Å². The van der Waals surface area contributed by atoms with Crippen LogP contribution in [0.1, 0.15) is 27.4 Å². The second kappa shape index (κ2) is 6.84. The third-order valence-electron chi connectivity index (χ3n) is 4.42. The fraction of sp³-hybridized carbons (Fsp3) is 0.263. The normalized spacial score (nSPS) is 16.1. The first kappa shape index (κ1) is 16.8. The molecule has 2 aromatic rings. The zero-order chi connectivity index (χ0) is 18.0. The second-order valence-electron chi connectivity index (χ2n) is 5.84. The molecule has 0 saturated heterocycles. The summed E-state index contributed by atoms with van der Waals surface area (Å²) in [6.07, 6.45) is 0. The average Bonchev–Trinajstić information content (AvgIpc) is 2.65. The summed E-state index contributed by atoms with van der Waals surface area (Å²) in [6, 6.07) is 12.3. The summed E-state index contributed by atoms with van der Waals surface area (Å²) >= 11 is 0. The van der Waals surface area contributed by atoms with E-state index in [4.69, 9.17) is 9.47 Å². The molecule has 6 heteroatoms. The molecule has 25 heavy (non-hydrogen) atoms. The van der Waals surface area contributed by atoms with E-state index in [9.17, 15) is 14.7 Å². The predicted molar refractivity (Wildman–Crippen MR) is 91.1 cm³/mol. The first-order chi connectivity index (χ1) is 12.0. The summed E-state index contributed by atoms with van der Waals surface area (Å²) in [4.78, 5) is 26.2. The lowest BCUT2D eigenvalue weighted by atomic mass is 9.89. The molecule has 1 aliphatic heterocycles. The van der Waals surface area contributed by atoms with Crippen LogP contribution in [-0.4, -0.2) is 42.6 Å². The molecule has 0 aromatic heterocycles. The molecule has 1 N–H and O–H groups in total. The number of rotatable bonds is 4. The molecule has 0 radical (unpaired) electrons. The van der Waals surface area contributed by atoms with Gasteiger partial charge in [0.2, 0.25) is 0 Å². The molecule has 0 bridgehead atoms. The summed E-state index contributed by atoms with van der Waals surface area (Å²) in [5, 5.41) is 9.56. The molecule has 1 unspecified atom stereocenters. The SMILES string of the molecule is COc1ccc(OC)c(C(=O)N2Cc3ccccc3C(C(=O)O)C2)c1. The quantitative estimate of drug-likeness (QED) is 0.925. The molecule has 130 valence electrons. The van der Waals surface area contributed by atoms with E-state index in [0.717, 1.165) is 11.1 Å². The number of hydrogen-bond donors (Lipinski definition) is 1. The molecule has 1 heterocycles. The molecule has 1 amide bonds. The number of ether oxygens (including phenoxy) is 2. The van der Waals surface area contributed by atoms with Crippen molar-refractivity contribution in [3.8, 4) is 11.5 Å². The monoisotopic (exact) mass is 341 g/mol. The number of fused-ring (bicyclic) bond motifs is 1. The van der Waals surface area contributed by atoms with Crippen molar-refractivity contribution in [2.45, 2.75) is 12.5 Å². The highest BCUT2D eigenvalue weighted by molar-refractivity contribution is 5.98. The summed E-state index contributed by atoms with van der Waals surface area (Å²) in [5.74, 6) is -1.00. The highest BCUT2D eigenvalue weighted by atomic mass is 16.5. The van der Waals surface area contributed by atoms with E-state index in [1.165, 1.54) is 14.2 Å². The maximum atomic E-state index is 13.0. The second-order valence-corrected chi connectivity index (χ2v) is 5.84. The van der Waals surface area contributed by atoms with Crippen LogP contribution in [0.2, 0.25) is 0 Å². The van der Waals surface area contributed by atoms with E-state index in [1.807, 2.05) is 24.3 Å². The Bertz CT molecular complexity index is 817. The molecule has 0 fully saturated rings. The van der Waals surface area contributed by atoms with Crippen LogP contribution < -0.4 is 9.47 Å². The van der Waals surface area contributed by atoms with E-state index < -0.39 is 11.9 Å². The van der Waals surface area contributed by atoms with Crippen molar-refractivity contribution in [1.82, 2.24) is 4.90 Å². The number of carboxylic acid groups (broad SMARTS) is 1. The fourth-order valence-electron chi connectivity index (χ4n) is 3.12. The first-order valence-electron chi connectivity index (χ1n) is 7.87. The van der Waals surface area contributed by atoms with Crippen LogP contribution >= 0.6 is 0 Å². The maximum Gasteiger partial charge on any atom is 0.312 e. The lowest BCUT2D eigenvalue weighted by molar-refractivity contribution is -0.139. The standard InChI is InChI=1S/C19H19NO5/c1-24-13-7-8-17(25-2)15(9-13)18(21)20-10-12-5-3-4-6-14(12)16(11-20)19(22)23/h3-9,16H,10-11H2,1-2H3,(H,22,23). The van der Waals surface area contributed by atoms with Crippen molar-refractivity contribution in [2.24, 2.45) is 0 Å². The Morgan fingerprint density at radius 3 is 2.56 bits per heavy atom. The first-order valence-corrected chi connectivity index (χ1v) is 7.87. The van der Waals surface area contributed by atoms with Gasteiger partial charge in [-0.3, -0.25) is 9.59 Å². The summed E-state index contributed by atoms with van der Waals surface area (Å²) in [7, 11) is 3.01. The minimum atomic E-state index is -0.942. The Balaban J connectivity index is 1.97. The molecule has 0 aliphatic carbocycles. The number of hydrogen-bond acceptors (Lipinski definition) is 4. The lowest BCUT2D eigenvalue weighted by Gasteiger charge is -2.33. The van der Waals surface area contributed by atoms with Gasteiger partial charge < -0.3 is 19.5 Å². The molecule has 1 aliphatic rings. The third kappa shape index (κ3) is 3.15. The lowest BCUT2D eigenvalue weighted by Crippen LogP contribution is -2.40. The van der Waals surface area contributed by atoms with Gasteiger partial charge in [-0.25, -0.2) is 0 Å². The zero-order valence-corrected chi connectivity index (χ0v) is 14.1. The van der Waals surface area contributed by atoms with Gasteiger partial charge in [0, 0.05) is 13.1 Å². The van der Waals surface area contributed by atoms with Gasteiger partial charge in [-0.15, -0.1) is 0 Å². The Hall–Kier alpha value is -3.02. The Labute approximate surface area is 145 Å². The number of amides is 1. The summed E-state index contributed by atoms with van der Waals surface area (Å²) in [5.41, 5.74) is 1.96. The minimum absolute atomic E-state index is 0.117. The van der Waals surface area contributed by atoms with Gasteiger partial charge in [0.1, 0.15) is 11.5 Å². The van der Waals surface area contributed by atoms with Crippen molar-refractivity contribution < 1.29 is 24.2 Å². The molecule has 3 rings (SSSR count). The smallest absolute Gasteiger partial charge is 0.312 e. The maximum absolute atomic E-state index is 13.0. The Morgan fingerprint density at radius 1 is 1.12 bits per heavy atom. The molecular weight excluding hydrogens is 322 g/mol. The average molecular weight is 341 g/mol. The Kier molecular flexibility index (Phi) is 4.61. The third-order valence-corrected chi connectivity index (χ3v) is 4.42. The van der Waals surface area contributed by atoms with Gasteiger partial charge in [0.15, 0.2) is 0 Å². The van der Waals surface area contributed by atoms with Crippen molar-refractivity contribution in [2.75, 3.05) is 20.8 Å².